The standard InChI is InChI=1S/C57H102O6/c1-4-7-10-13-16-19-22-24-26-27-28-29-31-32-35-38-41-44-47-50-56(59)62-53-54(52-61-55(58)49-46-43-40-37-34-21-18-15-12-9-6-3)63-57(60)51-48-45-42-39-36-33-30-25-23-20-17-14-11-8-5-2/h7,10,16,19-20,23-24,26,54H,4-6,8-9,11-15,17-18,21-22,25,27-53H2,1-3H3/b10-7-,19-16-,23-20-,26-24-. The molecule has 0 aliphatic carbocycles. The van der Waals surface area contributed by atoms with Crippen LogP contribution in [0.25, 0.3) is 0 Å². The molecule has 0 radical (unpaired) electrons. The number of esters is 3. The number of carbonyl (C=O) groups excluding carboxylic acids is 3. The molecule has 0 saturated carbocycles. The Kier molecular flexibility index (Phi) is 49.8. The summed E-state index contributed by atoms with van der Waals surface area (Å²) in [5, 5.41) is 0. The topological polar surface area (TPSA) is 78.9 Å². The zero-order valence-corrected chi connectivity index (χ0v) is 41.8. The fourth-order valence-corrected chi connectivity index (χ4v) is 7.75. The van der Waals surface area contributed by atoms with Gasteiger partial charge in [-0.15, -0.1) is 0 Å². The summed E-state index contributed by atoms with van der Waals surface area (Å²) in [6, 6.07) is 0. The Morgan fingerprint density at radius 3 is 1.00 bits per heavy atom. The van der Waals surface area contributed by atoms with Crippen molar-refractivity contribution < 1.29 is 28.6 Å². The highest BCUT2D eigenvalue weighted by molar-refractivity contribution is 5.71. The van der Waals surface area contributed by atoms with Crippen LogP contribution in [0.4, 0.5) is 0 Å². The number of allylic oxidation sites excluding steroid dienone is 8. The Morgan fingerprint density at radius 2 is 0.619 bits per heavy atom. The molecule has 0 heterocycles. The maximum atomic E-state index is 12.8. The lowest BCUT2D eigenvalue weighted by Gasteiger charge is -2.18. The lowest BCUT2D eigenvalue weighted by atomic mass is 10.1. The fraction of sp³-hybridized carbons (Fsp3) is 0.807. The van der Waals surface area contributed by atoms with E-state index >= 15 is 0 Å². The van der Waals surface area contributed by atoms with Crippen LogP contribution in [-0.4, -0.2) is 37.2 Å². The quantitative estimate of drug-likeness (QED) is 0.0262. The number of rotatable bonds is 49. The van der Waals surface area contributed by atoms with Gasteiger partial charge in [-0.25, -0.2) is 0 Å². The molecule has 0 bridgehead atoms. The maximum Gasteiger partial charge on any atom is 0.306 e. The van der Waals surface area contributed by atoms with Crippen molar-refractivity contribution in [3.8, 4) is 0 Å². The Hall–Kier alpha value is -2.63. The molecule has 0 amide bonds. The van der Waals surface area contributed by atoms with Crippen molar-refractivity contribution in [2.24, 2.45) is 0 Å². The third kappa shape index (κ3) is 50.2. The predicted molar refractivity (Wildman–Crippen MR) is 270 cm³/mol. The zero-order chi connectivity index (χ0) is 45.8. The van der Waals surface area contributed by atoms with Crippen LogP contribution >= 0.6 is 0 Å². The maximum absolute atomic E-state index is 12.8. The molecular formula is C57H102O6. The molecule has 0 aliphatic rings. The number of carbonyl (C=O) groups is 3. The molecule has 0 aliphatic heterocycles. The van der Waals surface area contributed by atoms with E-state index in [1.165, 1.54) is 161 Å². The average Bonchev–Trinajstić information content (AvgIpc) is 3.28. The van der Waals surface area contributed by atoms with Gasteiger partial charge in [0, 0.05) is 19.3 Å². The number of hydrogen-bond acceptors (Lipinski definition) is 6. The fourth-order valence-electron chi connectivity index (χ4n) is 7.75. The molecule has 63 heavy (non-hydrogen) atoms. The molecular weight excluding hydrogens is 781 g/mol. The molecule has 0 rings (SSSR count). The van der Waals surface area contributed by atoms with E-state index in [1.807, 2.05) is 0 Å². The molecule has 0 saturated heterocycles. The van der Waals surface area contributed by atoms with Crippen molar-refractivity contribution in [3.05, 3.63) is 48.6 Å². The third-order valence-electron chi connectivity index (χ3n) is 11.8. The minimum Gasteiger partial charge on any atom is -0.462 e. The molecule has 6 nitrogen and oxygen atoms in total. The summed E-state index contributed by atoms with van der Waals surface area (Å²) in [5.41, 5.74) is 0. The molecule has 0 fully saturated rings. The van der Waals surface area contributed by atoms with Crippen LogP contribution < -0.4 is 0 Å². The van der Waals surface area contributed by atoms with E-state index in [2.05, 4.69) is 69.4 Å². The first-order valence-corrected chi connectivity index (χ1v) is 27.1. The Balaban J connectivity index is 4.32. The van der Waals surface area contributed by atoms with Crippen LogP contribution in [0.5, 0.6) is 0 Å². The lowest BCUT2D eigenvalue weighted by Crippen LogP contribution is -2.30. The smallest absolute Gasteiger partial charge is 0.306 e. The van der Waals surface area contributed by atoms with Gasteiger partial charge in [-0.3, -0.25) is 14.4 Å². The van der Waals surface area contributed by atoms with Crippen molar-refractivity contribution in [2.45, 2.75) is 284 Å². The molecule has 366 valence electrons. The van der Waals surface area contributed by atoms with E-state index in [9.17, 15) is 14.4 Å². The predicted octanol–water partition coefficient (Wildman–Crippen LogP) is 17.9. The Bertz CT molecular complexity index is 1110. The van der Waals surface area contributed by atoms with Gasteiger partial charge in [0.05, 0.1) is 0 Å². The van der Waals surface area contributed by atoms with Gasteiger partial charge in [0.25, 0.3) is 0 Å². The number of hydrogen-bond donors (Lipinski definition) is 0. The highest BCUT2D eigenvalue weighted by Crippen LogP contribution is 2.16. The summed E-state index contributed by atoms with van der Waals surface area (Å²) < 4.78 is 16.8. The Morgan fingerprint density at radius 1 is 0.333 bits per heavy atom. The second kappa shape index (κ2) is 52.0. The van der Waals surface area contributed by atoms with Gasteiger partial charge in [-0.2, -0.15) is 0 Å². The highest BCUT2D eigenvalue weighted by Gasteiger charge is 2.19. The summed E-state index contributed by atoms with van der Waals surface area (Å²) in [6.45, 7) is 6.52. The van der Waals surface area contributed by atoms with Crippen molar-refractivity contribution in [2.75, 3.05) is 13.2 Å². The van der Waals surface area contributed by atoms with E-state index in [0.29, 0.717) is 19.3 Å². The summed E-state index contributed by atoms with van der Waals surface area (Å²) >= 11 is 0. The minimum absolute atomic E-state index is 0.0738. The van der Waals surface area contributed by atoms with E-state index in [1.54, 1.807) is 0 Å². The van der Waals surface area contributed by atoms with Gasteiger partial charge in [0.2, 0.25) is 0 Å². The first-order valence-electron chi connectivity index (χ1n) is 27.1. The molecule has 0 aromatic rings. The molecule has 0 aromatic heterocycles. The van der Waals surface area contributed by atoms with E-state index in [0.717, 1.165) is 77.0 Å². The van der Waals surface area contributed by atoms with Gasteiger partial charge in [-0.05, 0) is 77.0 Å². The average molecular weight is 883 g/mol. The normalized spacial score (nSPS) is 12.4. The first-order chi connectivity index (χ1) is 31.0. The molecule has 1 unspecified atom stereocenters. The molecule has 0 N–H and O–H groups in total. The summed E-state index contributed by atoms with van der Waals surface area (Å²) in [6.07, 6.45) is 62.4. The second-order valence-corrected chi connectivity index (χ2v) is 18.1. The van der Waals surface area contributed by atoms with E-state index < -0.39 is 6.10 Å². The summed E-state index contributed by atoms with van der Waals surface area (Å²) in [7, 11) is 0. The van der Waals surface area contributed by atoms with Crippen molar-refractivity contribution in [1.29, 1.82) is 0 Å². The molecule has 0 aromatic carbocycles. The van der Waals surface area contributed by atoms with E-state index in [4.69, 9.17) is 14.2 Å². The minimum atomic E-state index is -0.774. The van der Waals surface area contributed by atoms with Gasteiger partial charge in [0.15, 0.2) is 6.10 Å². The van der Waals surface area contributed by atoms with Gasteiger partial charge >= 0.3 is 17.9 Å². The SMILES string of the molecule is CC/C=C\C/C=C\C/C=C\CCCCCCCCCCCC(=O)OCC(COC(=O)CCCCCCCCCCCCC)OC(=O)CCCCCCCCC/C=C\CCCCCC. The van der Waals surface area contributed by atoms with E-state index in [-0.39, 0.29) is 31.1 Å². The Labute approximate surface area is 390 Å². The monoisotopic (exact) mass is 883 g/mol. The summed E-state index contributed by atoms with van der Waals surface area (Å²) in [5.74, 6) is -0.874. The van der Waals surface area contributed by atoms with Crippen LogP contribution in [0.1, 0.15) is 278 Å². The molecule has 6 heteroatoms. The van der Waals surface area contributed by atoms with Gasteiger partial charge in [-0.1, -0.05) is 230 Å². The van der Waals surface area contributed by atoms with Crippen molar-refractivity contribution in [1.82, 2.24) is 0 Å². The largest absolute Gasteiger partial charge is 0.462 e. The second-order valence-electron chi connectivity index (χ2n) is 18.1. The van der Waals surface area contributed by atoms with Crippen LogP contribution in [0.15, 0.2) is 48.6 Å². The van der Waals surface area contributed by atoms with Crippen molar-refractivity contribution >= 4 is 17.9 Å². The zero-order valence-electron chi connectivity index (χ0n) is 41.8. The summed E-state index contributed by atoms with van der Waals surface area (Å²) in [4.78, 5) is 38.0. The number of ether oxygens (including phenoxy) is 3. The van der Waals surface area contributed by atoms with Gasteiger partial charge in [0.1, 0.15) is 13.2 Å². The van der Waals surface area contributed by atoms with Crippen LogP contribution in [0, 0.1) is 0 Å². The lowest BCUT2D eigenvalue weighted by molar-refractivity contribution is -0.167. The van der Waals surface area contributed by atoms with Crippen LogP contribution in [0.3, 0.4) is 0 Å². The van der Waals surface area contributed by atoms with Gasteiger partial charge < -0.3 is 14.2 Å². The first kappa shape index (κ1) is 60.4. The number of unbranched alkanes of at least 4 members (excludes halogenated alkanes) is 30. The van der Waals surface area contributed by atoms with Crippen LogP contribution in [0.2, 0.25) is 0 Å². The van der Waals surface area contributed by atoms with Crippen LogP contribution in [-0.2, 0) is 28.6 Å². The third-order valence-corrected chi connectivity index (χ3v) is 11.8. The molecule has 0 spiro atoms. The highest BCUT2D eigenvalue weighted by atomic mass is 16.6. The van der Waals surface area contributed by atoms with Crippen molar-refractivity contribution in [3.63, 3.8) is 0 Å². The molecule has 1 atom stereocenters.